The lowest BCUT2D eigenvalue weighted by molar-refractivity contribution is 0.0689. The monoisotopic (exact) mass is 311 g/mol. The number of aromatic nitrogens is 2. The van der Waals surface area contributed by atoms with Crippen LogP contribution in [0.3, 0.4) is 0 Å². The molecule has 5 nitrogen and oxygen atoms in total. The van der Waals surface area contributed by atoms with Gasteiger partial charge in [-0.15, -0.1) is 10.2 Å². The zero-order chi connectivity index (χ0) is 13.1. The van der Waals surface area contributed by atoms with E-state index >= 15 is 0 Å². The van der Waals surface area contributed by atoms with Gasteiger partial charge in [0.05, 0.1) is 4.47 Å². The molecule has 0 saturated heterocycles. The SMILES string of the molecule is O=C(O)c1ccc(Nc2ccc(F)c(Br)c2)nn1. The molecular formula is C11H7BrFN3O2. The van der Waals surface area contributed by atoms with Crippen LogP contribution in [0.5, 0.6) is 0 Å². The molecule has 0 saturated carbocycles. The molecule has 0 aliphatic rings. The molecule has 0 aliphatic carbocycles. The molecule has 0 unspecified atom stereocenters. The maximum atomic E-state index is 13.0. The highest BCUT2D eigenvalue weighted by molar-refractivity contribution is 9.10. The van der Waals surface area contributed by atoms with E-state index in [2.05, 4.69) is 31.4 Å². The van der Waals surface area contributed by atoms with Gasteiger partial charge in [-0.05, 0) is 46.3 Å². The number of benzene rings is 1. The van der Waals surface area contributed by atoms with Crippen LogP contribution in [0.25, 0.3) is 0 Å². The lowest BCUT2D eigenvalue weighted by Gasteiger charge is -2.05. The fraction of sp³-hybridized carbons (Fsp3) is 0. The molecule has 2 aromatic rings. The van der Waals surface area contributed by atoms with Crippen molar-refractivity contribution in [2.75, 3.05) is 5.32 Å². The third kappa shape index (κ3) is 2.80. The molecular weight excluding hydrogens is 305 g/mol. The van der Waals surface area contributed by atoms with E-state index in [0.29, 0.717) is 16.0 Å². The Kier molecular flexibility index (Phi) is 3.52. The van der Waals surface area contributed by atoms with Crippen LogP contribution >= 0.6 is 15.9 Å². The highest BCUT2D eigenvalue weighted by atomic mass is 79.9. The van der Waals surface area contributed by atoms with E-state index in [1.54, 1.807) is 6.07 Å². The number of nitrogens with one attached hydrogen (secondary N) is 1. The summed E-state index contributed by atoms with van der Waals surface area (Å²) in [5.74, 6) is -1.13. The predicted molar refractivity (Wildman–Crippen MR) is 66.4 cm³/mol. The average Bonchev–Trinajstić information content (AvgIpc) is 2.34. The van der Waals surface area contributed by atoms with Gasteiger partial charge in [-0.25, -0.2) is 9.18 Å². The second-order valence-electron chi connectivity index (χ2n) is 3.36. The Morgan fingerprint density at radius 1 is 1.28 bits per heavy atom. The van der Waals surface area contributed by atoms with Gasteiger partial charge in [0.1, 0.15) is 5.82 Å². The first-order chi connectivity index (χ1) is 8.56. The van der Waals surface area contributed by atoms with E-state index in [9.17, 15) is 9.18 Å². The minimum Gasteiger partial charge on any atom is -0.476 e. The van der Waals surface area contributed by atoms with Gasteiger partial charge in [-0.3, -0.25) is 0 Å². The van der Waals surface area contributed by atoms with Crippen LogP contribution in [-0.2, 0) is 0 Å². The van der Waals surface area contributed by atoms with Crippen molar-refractivity contribution in [1.29, 1.82) is 0 Å². The topological polar surface area (TPSA) is 75.1 Å². The molecule has 92 valence electrons. The number of rotatable bonds is 3. The van der Waals surface area contributed by atoms with Crippen LogP contribution in [-0.4, -0.2) is 21.3 Å². The summed E-state index contributed by atoms with van der Waals surface area (Å²) < 4.78 is 13.3. The van der Waals surface area contributed by atoms with Crippen LogP contribution < -0.4 is 5.32 Å². The van der Waals surface area contributed by atoms with Crippen LogP contribution in [0.1, 0.15) is 10.5 Å². The minimum atomic E-state index is -1.14. The number of hydrogen-bond donors (Lipinski definition) is 2. The molecule has 2 N–H and O–H groups in total. The average molecular weight is 312 g/mol. The molecule has 0 fully saturated rings. The summed E-state index contributed by atoms with van der Waals surface area (Å²) in [6.45, 7) is 0. The number of hydrogen-bond acceptors (Lipinski definition) is 4. The summed E-state index contributed by atoms with van der Waals surface area (Å²) in [6.07, 6.45) is 0. The number of nitrogens with zero attached hydrogens (tertiary/aromatic N) is 2. The molecule has 0 aliphatic heterocycles. The van der Waals surface area contributed by atoms with Gasteiger partial charge in [0.15, 0.2) is 11.5 Å². The Labute approximate surface area is 110 Å². The summed E-state index contributed by atoms with van der Waals surface area (Å²) >= 11 is 3.06. The minimum absolute atomic E-state index is 0.138. The van der Waals surface area contributed by atoms with Crippen molar-refractivity contribution >= 4 is 33.4 Å². The molecule has 18 heavy (non-hydrogen) atoms. The number of carboxylic acids is 1. The van der Waals surface area contributed by atoms with E-state index in [0.717, 1.165) is 0 Å². The first kappa shape index (κ1) is 12.4. The molecule has 0 amide bonds. The molecule has 0 spiro atoms. The summed E-state index contributed by atoms with van der Waals surface area (Å²) in [5, 5.41) is 18.7. The fourth-order valence-corrected chi connectivity index (χ4v) is 1.61. The Bertz CT molecular complexity index is 589. The van der Waals surface area contributed by atoms with Gasteiger partial charge in [0.2, 0.25) is 0 Å². The summed E-state index contributed by atoms with van der Waals surface area (Å²) in [7, 11) is 0. The summed E-state index contributed by atoms with van der Waals surface area (Å²) in [4.78, 5) is 10.6. The number of carboxylic acid groups (broad SMARTS) is 1. The van der Waals surface area contributed by atoms with Crippen LogP contribution in [0.2, 0.25) is 0 Å². The number of aromatic carboxylic acids is 1. The zero-order valence-electron chi connectivity index (χ0n) is 8.89. The van der Waals surface area contributed by atoms with Crippen molar-refractivity contribution < 1.29 is 14.3 Å². The second kappa shape index (κ2) is 5.09. The number of carbonyl (C=O) groups is 1. The lowest BCUT2D eigenvalue weighted by atomic mass is 10.3. The van der Waals surface area contributed by atoms with Crippen molar-refractivity contribution in [3.8, 4) is 0 Å². The maximum Gasteiger partial charge on any atom is 0.356 e. The van der Waals surface area contributed by atoms with E-state index < -0.39 is 5.97 Å². The third-order valence-corrected chi connectivity index (χ3v) is 2.68. The molecule has 1 heterocycles. The second-order valence-corrected chi connectivity index (χ2v) is 4.22. The summed E-state index contributed by atoms with van der Waals surface area (Å²) in [6, 6.07) is 7.18. The van der Waals surface area contributed by atoms with Crippen molar-refractivity contribution in [2.45, 2.75) is 0 Å². The highest BCUT2D eigenvalue weighted by Crippen LogP contribution is 2.22. The quantitative estimate of drug-likeness (QED) is 0.911. The molecule has 0 bridgehead atoms. The standard InChI is InChI=1S/C11H7BrFN3O2/c12-7-5-6(1-2-8(7)13)14-10-4-3-9(11(17)18)15-16-10/h1-5H,(H,14,16)(H,17,18). The fourth-order valence-electron chi connectivity index (χ4n) is 1.23. The first-order valence-corrected chi connectivity index (χ1v) is 5.64. The van der Waals surface area contributed by atoms with Gasteiger partial charge in [-0.1, -0.05) is 0 Å². The molecule has 2 rings (SSSR count). The number of halogens is 2. The first-order valence-electron chi connectivity index (χ1n) is 4.85. The Morgan fingerprint density at radius 2 is 2.06 bits per heavy atom. The molecule has 1 aromatic carbocycles. The maximum absolute atomic E-state index is 13.0. The van der Waals surface area contributed by atoms with Gasteiger partial charge < -0.3 is 10.4 Å². The normalized spacial score (nSPS) is 10.1. The van der Waals surface area contributed by atoms with Crippen LogP contribution in [0, 0.1) is 5.82 Å². The smallest absolute Gasteiger partial charge is 0.356 e. The van der Waals surface area contributed by atoms with Gasteiger partial charge in [0, 0.05) is 5.69 Å². The van der Waals surface area contributed by atoms with E-state index in [1.807, 2.05) is 0 Å². The zero-order valence-corrected chi connectivity index (χ0v) is 10.5. The van der Waals surface area contributed by atoms with Gasteiger partial charge >= 0.3 is 5.97 Å². The Morgan fingerprint density at radius 3 is 2.61 bits per heavy atom. The predicted octanol–water partition coefficient (Wildman–Crippen LogP) is 2.82. The third-order valence-electron chi connectivity index (χ3n) is 2.08. The Balaban J connectivity index is 2.18. The van der Waals surface area contributed by atoms with Crippen LogP contribution in [0.15, 0.2) is 34.8 Å². The van der Waals surface area contributed by atoms with Gasteiger partial charge in [0.25, 0.3) is 0 Å². The van der Waals surface area contributed by atoms with E-state index in [1.165, 1.54) is 24.3 Å². The molecule has 7 heteroatoms. The van der Waals surface area contributed by atoms with E-state index in [4.69, 9.17) is 5.11 Å². The molecule has 0 radical (unpaired) electrons. The largest absolute Gasteiger partial charge is 0.476 e. The van der Waals surface area contributed by atoms with Gasteiger partial charge in [-0.2, -0.15) is 0 Å². The van der Waals surface area contributed by atoms with Crippen molar-refractivity contribution in [1.82, 2.24) is 10.2 Å². The molecule has 0 atom stereocenters. The van der Waals surface area contributed by atoms with E-state index in [-0.39, 0.29) is 11.5 Å². The lowest BCUT2D eigenvalue weighted by Crippen LogP contribution is -2.03. The number of anilines is 2. The van der Waals surface area contributed by atoms with Crippen LogP contribution in [0.4, 0.5) is 15.9 Å². The van der Waals surface area contributed by atoms with Crippen molar-refractivity contribution in [3.63, 3.8) is 0 Å². The van der Waals surface area contributed by atoms with Crippen molar-refractivity contribution in [2.24, 2.45) is 0 Å². The summed E-state index contributed by atoms with van der Waals surface area (Å²) in [5.41, 5.74) is 0.474. The Hall–Kier alpha value is -2.02. The highest BCUT2D eigenvalue weighted by Gasteiger charge is 2.06. The van der Waals surface area contributed by atoms with Crippen molar-refractivity contribution in [3.05, 3.63) is 46.3 Å². The molecule has 1 aromatic heterocycles.